The maximum atomic E-state index is 12.0. The monoisotopic (exact) mass is 354 g/mol. The molecule has 0 aliphatic carbocycles. The fourth-order valence-electron chi connectivity index (χ4n) is 3.07. The lowest BCUT2D eigenvalue weighted by molar-refractivity contribution is -1.02. The van der Waals surface area contributed by atoms with Gasteiger partial charge >= 0.3 is 0 Å². The molecule has 1 aliphatic heterocycles. The summed E-state index contributed by atoms with van der Waals surface area (Å²) in [6.45, 7) is 15.0. The fourth-order valence-corrected chi connectivity index (χ4v) is 4.10. The van der Waals surface area contributed by atoms with Crippen molar-refractivity contribution in [2.75, 3.05) is 32.7 Å². The molecule has 134 valence electrons. The third-order valence-corrected chi connectivity index (χ3v) is 5.41. The van der Waals surface area contributed by atoms with Crippen molar-refractivity contribution in [1.82, 2.24) is 10.3 Å². The van der Waals surface area contributed by atoms with Crippen LogP contribution in [0.4, 0.5) is 0 Å². The largest absolute Gasteiger partial charge is 0.347 e. The third kappa shape index (κ3) is 5.65. The van der Waals surface area contributed by atoms with Crippen LogP contribution in [0.15, 0.2) is 0 Å². The van der Waals surface area contributed by atoms with Crippen molar-refractivity contribution in [2.45, 2.75) is 46.7 Å². The van der Waals surface area contributed by atoms with Crippen molar-refractivity contribution in [1.29, 1.82) is 0 Å². The van der Waals surface area contributed by atoms with E-state index in [2.05, 4.69) is 10.3 Å². The highest BCUT2D eigenvalue weighted by atomic mass is 32.1. The molecule has 1 fully saturated rings. The highest BCUT2D eigenvalue weighted by Gasteiger charge is 2.27. The number of rotatable bonds is 5. The van der Waals surface area contributed by atoms with Crippen molar-refractivity contribution >= 4 is 23.0 Å². The number of ketones is 1. The summed E-state index contributed by atoms with van der Waals surface area (Å²) < 4.78 is 0. The number of carbonyl (C=O) groups is 2. The van der Waals surface area contributed by atoms with Gasteiger partial charge in [-0.3, -0.25) is 9.59 Å². The van der Waals surface area contributed by atoms with E-state index in [0.717, 1.165) is 48.3 Å². The number of carbonyl (C=O) groups excluding carboxylic acids is 2. The van der Waals surface area contributed by atoms with Gasteiger partial charge in [0.1, 0.15) is 37.7 Å². The number of nitrogens with zero attached hydrogens (tertiary/aromatic N) is 1. The number of aryl methyl sites for hydroxylation is 1. The zero-order valence-corrected chi connectivity index (χ0v) is 16.2. The number of nitrogens with one attached hydrogen (secondary N) is 3. The van der Waals surface area contributed by atoms with Gasteiger partial charge < -0.3 is 15.1 Å². The summed E-state index contributed by atoms with van der Waals surface area (Å²) >= 11 is 1.53. The van der Waals surface area contributed by atoms with Gasteiger partial charge in [0, 0.05) is 12.5 Å². The first-order valence-electron chi connectivity index (χ1n) is 8.59. The molecule has 1 aromatic heterocycles. The van der Waals surface area contributed by atoms with E-state index in [0.29, 0.717) is 6.54 Å². The van der Waals surface area contributed by atoms with E-state index in [-0.39, 0.29) is 17.2 Å². The zero-order chi connectivity index (χ0) is 17.9. The van der Waals surface area contributed by atoms with Gasteiger partial charge in [0.25, 0.3) is 5.91 Å². The summed E-state index contributed by atoms with van der Waals surface area (Å²) in [6.07, 6.45) is 0. The Morgan fingerprint density at radius 2 is 1.75 bits per heavy atom. The van der Waals surface area contributed by atoms with E-state index in [1.54, 1.807) is 6.92 Å². The number of Topliss-reactive ketones (excluding diaryl/α,β-unsaturated/α-hetero) is 1. The summed E-state index contributed by atoms with van der Waals surface area (Å²) in [5, 5.41) is 4.07. The first-order valence-corrected chi connectivity index (χ1v) is 9.41. The first kappa shape index (κ1) is 19.0. The van der Waals surface area contributed by atoms with E-state index in [1.807, 2.05) is 27.7 Å². The van der Waals surface area contributed by atoms with E-state index in [4.69, 9.17) is 0 Å². The smallest absolute Gasteiger partial charge is 0.275 e. The minimum absolute atomic E-state index is 0.102. The number of quaternary nitrogens is 2. The first-order chi connectivity index (χ1) is 11.1. The number of hydrogen-bond acceptors (Lipinski definition) is 4. The predicted octanol–water partition coefficient (Wildman–Crippen LogP) is -1.15. The second kappa shape index (κ2) is 7.72. The van der Waals surface area contributed by atoms with Gasteiger partial charge in [-0.1, -0.05) is 0 Å². The zero-order valence-electron chi connectivity index (χ0n) is 15.4. The quantitative estimate of drug-likeness (QED) is 0.585. The number of aromatic nitrogens is 1. The molecular weight excluding hydrogens is 324 g/mol. The Labute approximate surface area is 148 Å². The summed E-state index contributed by atoms with van der Waals surface area (Å²) in [4.78, 5) is 31.7. The van der Waals surface area contributed by atoms with Crippen LogP contribution in [0.1, 0.15) is 48.1 Å². The van der Waals surface area contributed by atoms with Crippen LogP contribution < -0.4 is 15.1 Å². The van der Waals surface area contributed by atoms with E-state index in [9.17, 15) is 9.59 Å². The molecule has 1 aliphatic rings. The third-order valence-electron chi connectivity index (χ3n) is 4.15. The topological polar surface area (TPSA) is 67.9 Å². The minimum atomic E-state index is -0.166. The molecule has 2 heterocycles. The molecule has 1 amide bonds. The fraction of sp³-hybridized carbons (Fsp3) is 0.706. The Morgan fingerprint density at radius 1 is 1.17 bits per heavy atom. The van der Waals surface area contributed by atoms with E-state index < -0.39 is 0 Å². The van der Waals surface area contributed by atoms with E-state index in [1.165, 1.54) is 21.1 Å². The van der Waals surface area contributed by atoms with Crippen LogP contribution in [0.2, 0.25) is 0 Å². The standard InChI is InChI=1S/C17H28N4O2S/c1-12-16(13(2)22)24-15(18-12)11-21-8-6-20(7-9-21)10-14(23)19-17(3,4)5/h6-11H2,1-5H3,(H,19,23)/p+2. The SMILES string of the molecule is CC(=O)c1sc(C[NH+]2CC[NH+](CC(=O)NC(C)(C)C)CC2)nc1C. The van der Waals surface area contributed by atoms with Crippen LogP contribution in [0, 0.1) is 6.92 Å². The van der Waals surface area contributed by atoms with Crippen LogP contribution in [0.5, 0.6) is 0 Å². The molecule has 0 atom stereocenters. The number of piperazine rings is 1. The molecule has 0 spiro atoms. The molecule has 1 aromatic rings. The molecule has 24 heavy (non-hydrogen) atoms. The summed E-state index contributed by atoms with van der Waals surface area (Å²) in [5.74, 6) is 0.230. The molecule has 0 unspecified atom stereocenters. The van der Waals surface area contributed by atoms with Crippen molar-refractivity contribution in [3.8, 4) is 0 Å². The number of amides is 1. The number of hydrogen-bond donors (Lipinski definition) is 3. The Bertz CT molecular complexity index is 598. The Kier molecular flexibility index (Phi) is 6.11. The van der Waals surface area contributed by atoms with Gasteiger partial charge in [-0.25, -0.2) is 4.98 Å². The van der Waals surface area contributed by atoms with Gasteiger partial charge in [-0.05, 0) is 27.7 Å². The van der Waals surface area contributed by atoms with Crippen LogP contribution in [-0.4, -0.2) is 54.9 Å². The highest BCUT2D eigenvalue weighted by molar-refractivity contribution is 7.13. The molecule has 1 saturated heterocycles. The second-order valence-electron chi connectivity index (χ2n) is 7.73. The van der Waals surface area contributed by atoms with E-state index >= 15 is 0 Å². The lowest BCUT2D eigenvalue weighted by Gasteiger charge is -2.29. The van der Waals surface area contributed by atoms with Crippen molar-refractivity contribution in [3.05, 3.63) is 15.6 Å². The molecule has 0 bridgehead atoms. The van der Waals surface area contributed by atoms with Crippen molar-refractivity contribution < 1.29 is 19.4 Å². The van der Waals surface area contributed by atoms with Crippen LogP contribution >= 0.6 is 11.3 Å². The van der Waals surface area contributed by atoms with Crippen LogP contribution in [0.3, 0.4) is 0 Å². The minimum Gasteiger partial charge on any atom is -0.347 e. The molecule has 0 radical (unpaired) electrons. The molecule has 0 saturated carbocycles. The Balaban J connectivity index is 1.80. The highest BCUT2D eigenvalue weighted by Crippen LogP contribution is 2.17. The summed E-state index contributed by atoms with van der Waals surface area (Å²) in [7, 11) is 0. The molecular formula is C17H30N4O2S+2. The average molecular weight is 355 g/mol. The van der Waals surface area contributed by atoms with Crippen LogP contribution in [-0.2, 0) is 11.3 Å². The van der Waals surface area contributed by atoms with Crippen molar-refractivity contribution in [2.24, 2.45) is 0 Å². The lowest BCUT2D eigenvalue weighted by Crippen LogP contribution is -3.28. The van der Waals surface area contributed by atoms with Gasteiger partial charge in [-0.2, -0.15) is 0 Å². The van der Waals surface area contributed by atoms with Gasteiger partial charge in [0.05, 0.1) is 10.6 Å². The molecule has 6 nitrogen and oxygen atoms in total. The van der Waals surface area contributed by atoms with Crippen LogP contribution in [0.25, 0.3) is 0 Å². The maximum absolute atomic E-state index is 12.0. The van der Waals surface area contributed by atoms with Gasteiger partial charge in [0.2, 0.25) is 0 Å². The Morgan fingerprint density at radius 3 is 2.25 bits per heavy atom. The molecule has 2 rings (SSSR count). The second-order valence-corrected chi connectivity index (χ2v) is 8.81. The molecule has 0 aromatic carbocycles. The maximum Gasteiger partial charge on any atom is 0.275 e. The summed E-state index contributed by atoms with van der Waals surface area (Å²) in [5.41, 5.74) is 0.686. The summed E-state index contributed by atoms with van der Waals surface area (Å²) in [6, 6.07) is 0. The average Bonchev–Trinajstić information content (AvgIpc) is 2.80. The molecule has 7 heteroatoms. The molecule has 3 N–H and O–H groups in total. The van der Waals surface area contributed by atoms with Gasteiger partial charge in [-0.15, -0.1) is 11.3 Å². The predicted molar refractivity (Wildman–Crippen MR) is 94.7 cm³/mol. The Hall–Kier alpha value is -1.31. The lowest BCUT2D eigenvalue weighted by atomic mass is 10.1. The van der Waals surface area contributed by atoms with Crippen molar-refractivity contribution in [3.63, 3.8) is 0 Å². The normalized spacial score (nSPS) is 21.5. The van der Waals surface area contributed by atoms with Gasteiger partial charge in [0.15, 0.2) is 12.3 Å². The number of thiazole rings is 1.